The van der Waals surface area contributed by atoms with Gasteiger partial charge in [-0.1, -0.05) is 18.2 Å². The van der Waals surface area contributed by atoms with E-state index in [0.717, 1.165) is 26.2 Å². The molecule has 3 nitrogen and oxygen atoms in total. The van der Waals surface area contributed by atoms with Crippen LogP contribution in [0.2, 0.25) is 0 Å². The smallest absolute Gasteiger partial charge is 0.0412 e. The maximum Gasteiger partial charge on any atom is 0.0412 e. The first-order valence-electron chi connectivity index (χ1n) is 6.80. The van der Waals surface area contributed by atoms with Gasteiger partial charge in [0.15, 0.2) is 0 Å². The van der Waals surface area contributed by atoms with Gasteiger partial charge >= 0.3 is 0 Å². The molecule has 3 heteroatoms. The Morgan fingerprint density at radius 3 is 2.22 bits per heavy atom. The quantitative estimate of drug-likeness (QED) is 0.868. The van der Waals surface area contributed by atoms with Crippen LogP contribution in [0.1, 0.15) is 26.3 Å². The summed E-state index contributed by atoms with van der Waals surface area (Å²) in [5.41, 5.74) is 8.66. The van der Waals surface area contributed by atoms with E-state index in [-0.39, 0.29) is 5.54 Å². The highest BCUT2D eigenvalue weighted by atomic mass is 15.3. The standard InChI is InChI=1S/C15H25N3/c1-15(2,3)18-10-8-17(9-11-18)14-7-5-4-6-13(14)12-16/h4-7H,8-12,16H2,1-3H3. The van der Waals surface area contributed by atoms with Gasteiger partial charge in [-0.3, -0.25) is 4.90 Å². The maximum atomic E-state index is 5.82. The van der Waals surface area contributed by atoms with E-state index in [2.05, 4.69) is 54.8 Å². The number of benzene rings is 1. The Morgan fingerprint density at radius 2 is 1.67 bits per heavy atom. The van der Waals surface area contributed by atoms with Crippen LogP contribution in [-0.4, -0.2) is 36.6 Å². The first-order chi connectivity index (χ1) is 8.52. The topological polar surface area (TPSA) is 32.5 Å². The zero-order chi connectivity index (χ0) is 13.2. The van der Waals surface area contributed by atoms with Gasteiger partial charge in [-0.15, -0.1) is 0 Å². The number of hydrogen-bond acceptors (Lipinski definition) is 3. The normalized spacial score (nSPS) is 18.1. The van der Waals surface area contributed by atoms with Crippen molar-refractivity contribution in [3.8, 4) is 0 Å². The Hall–Kier alpha value is -1.06. The van der Waals surface area contributed by atoms with Crippen molar-refractivity contribution in [3.05, 3.63) is 29.8 Å². The monoisotopic (exact) mass is 247 g/mol. The summed E-state index contributed by atoms with van der Waals surface area (Å²) in [6.07, 6.45) is 0. The molecule has 0 aromatic heterocycles. The van der Waals surface area contributed by atoms with E-state index < -0.39 is 0 Å². The minimum absolute atomic E-state index is 0.277. The number of rotatable bonds is 2. The molecule has 0 bridgehead atoms. The predicted octanol–water partition coefficient (Wildman–Crippen LogP) is 2.07. The number of anilines is 1. The number of para-hydroxylation sites is 1. The Morgan fingerprint density at radius 1 is 1.06 bits per heavy atom. The molecule has 0 saturated carbocycles. The van der Waals surface area contributed by atoms with Crippen molar-refractivity contribution in [3.63, 3.8) is 0 Å². The van der Waals surface area contributed by atoms with E-state index >= 15 is 0 Å². The van der Waals surface area contributed by atoms with Crippen LogP contribution in [0.25, 0.3) is 0 Å². The van der Waals surface area contributed by atoms with Crippen LogP contribution in [-0.2, 0) is 6.54 Å². The van der Waals surface area contributed by atoms with Crippen molar-refractivity contribution in [1.82, 2.24) is 4.90 Å². The van der Waals surface area contributed by atoms with Gasteiger partial charge in [0.2, 0.25) is 0 Å². The highest BCUT2D eigenvalue weighted by Gasteiger charge is 2.26. The fourth-order valence-electron chi connectivity index (χ4n) is 2.61. The van der Waals surface area contributed by atoms with Gasteiger partial charge in [-0.25, -0.2) is 0 Å². The van der Waals surface area contributed by atoms with Crippen LogP contribution in [0.5, 0.6) is 0 Å². The Balaban J connectivity index is 2.06. The number of hydrogen-bond donors (Lipinski definition) is 1. The molecule has 0 spiro atoms. The van der Waals surface area contributed by atoms with Gasteiger partial charge in [0, 0.05) is 44.0 Å². The lowest BCUT2D eigenvalue weighted by atomic mass is 10.0. The summed E-state index contributed by atoms with van der Waals surface area (Å²) in [5.74, 6) is 0. The summed E-state index contributed by atoms with van der Waals surface area (Å²) < 4.78 is 0. The van der Waals surface area contributed by atoms with Crippen molar-refractivity contribution in [2.45, 2.75) is 32.9 Å². The molecule has 18 heavy (non-hydrogen) atoms. The summed E-state index contributed by atoms with van der Waals surface area (Å²) in [6.45, 7) is 11.9. The molecule has 2 N–H and O–H groups in total. The number of nitrogens with zero attached hydrogens (tertiary/aromatic N) is 2. The molecule has 0 atom stereocenters. The third-order valence-corrected chi connectivity index (χ3v) is 3.78. The molecule has 0 amide bonds. The van der Waals surface area contributed by atoms with Crippen molar-refractivity contribution in [2.75, 3.05) is 31.1 Å². The molecule has 0 radical (unpaired) electrons. The zero-order valence-corrected chi connectivity index (χ0v) is 11.8. The minimum atomic E-state index is 0.277. The van der Waals surface area contributed by atoms with Gasteiger partial charge in [-0.2, -0.15) is 0 Å². The zero-order valence-electron chi connectivity index (χ0n) is 11.8. The molecule has 1 saturated heterocycles. The van der Waals surface area contributed by atoms with E-state index in [4.69, 9.17) is 5.73 Å². The fourth-order valence-corrected chi connectivity index (χ4v) is 2.61. The summed E-state index contributed by atoms with van der Waals surface area (Å²) in [5, 5.41) is 0. The second-order valence-electron chi connectivity index (χ2n) is 5.98. The van der Waals surface area contributed by atoms with Gasteiger partial charge in [0.25, 0.3) is 0 Å². The first-order valence-corrected chi connectivity index (χ1v) is 6.80. The Bertz CT molecular complexity index is 387. The molecule has 2 rings (SSSR count). The second-order valence-corrected chi connectivity index (χ2v) is 5.98. The largest absolute Gasteiger partial charge is 0.369 e. The van der Waals surface area contributed by atoms with E-state index in [1.54, 1.807) is 0 Å². The molecular weight excluding hydrogens is 222 g/mol. The molecule has 1 fully saturated rings. The lowest BCUT2D eigenvalue weighted by molar-refractivity contribution is 0.128. The summed E-state index contributed by atoms with van der Waals surface area (Å²) >= 11 is 0. The van der Waals surface area contributed by atoms with E-state index in [1.807, 2.05) is 0 Å². The molecule has 1 aliphatic rings. The molecular formula is C15H25N3. The van der Waals surface area contributed by atoms with E-state index in [9.17, 15) is 0 Å². The lowest BCUT2D eigenvalue weighted by Crippen LogP contribution is -2.53. The van der Waals surface area contributed by atoms with Crippen molar-refractivity contribution in [1.29, 1.82) is 0 Å². The van der Waals surface area contributed by atoms with Crippen molar-refractivity contribution < 1.29 is 0 Å². The minimum Gasteiger partial charge on any atom is -0.369 e. The van der Waals surface area contributed by atoms with Crippen LogP contribution >= 0.6 is 0 Å². The average molecular weight is 247 g/mol. The fraction of sp³-hybridized carbons (Fsp3) is 0.600. The number of nitrogens with two attached hydrogens (primary N) is 1. The Labute approximate surface area is 111 Å². The average Bonchev–Trinajstić information content (AvgIpc) is 2.38. The van der Waals surface area contributed by atoms with Crippen LogP contribution in [0.15, 0.2) is 24.3 Å². The molecule has 0 aliphatic carbocycles. The number of piperazine rings is 1. The molecule has 1 heterocycles. The summed E-state index contributed by atoms with van der Waals surface area (Å²) in [7, 11) is 0. The van der Waals surface area contributed by atoms with Crippen molar-refractivity contribution >= 4 is 5.69 Å². The van der Waals surface area contributed by atoms with Gasteiger partial charge in [-0.05, 0) is 32.4 Å². The molecule has 1 aliphatic heterocycles. The highest BCUT2D eigenvalue weighted by molar-refractivity contribution is 5.54. The van der Waals surface area contributed by atoms with Crippen LogP contribution < -0.4 is 10.6 Å². The molecule has 1 aromatic carbocycles. The molecule has 1 aromatic rings. The molecule has 100 valence electrons. The van der Waals surface area contributed by atoms with Gasteiger partial charge in [0.1, 0.15) is 0 Å². The highest BCUT2D eigenvalue weighted by Crippen LogP contribution is 2.23. The predicted molar refractivity (Wildman–Crippen MR) is 77.9 cm³/mol. The second kappa shape index (κ2) is 5.29. The summed E-state index contributed by atoms with van der Waals surface area (Å²) in [4.78, 5) is 5.01. The van der Waals surface area contributed by atoms with Crippen LogP contribution in [0, 0.1) is 0 Å². The Kier molecular flexibility index (Phi) is 3.93. The van der Waals surface area contributed by atoms with Gasteiger partial charge < -0.3 is 10.6 Å². The van der Waals surface area contributed by atoms with Crippen molar-refractivity contribution in [2.24, 2.45) is 5.73 Å². The molecule has 0 unspecified atom stereocenters. The van der Waals surface area contributed by atoms with Crippen LogP contribution in [0.4, 0.5) is 5.69 Å². The van der Waals surface area contributed by atoms with E-state index in [0.29, 0.717) is 6.54 Å². The third-order valence-electron chi connectivity index (χ3n) is 3.78. The maximum absolute atomic E-state index is 5.82. The first kappa shape index (κ1) is 13.4. The van der Waals surface area contributed by atoms with Gasteiger partial charge in [0.05, 0.1) is 0 Å². The third kappa shape index (κ3) is 2.85. The van der Waals surface area contributed by atoms with E-state index in [1.165, 1.54) is 11.3 Å². The lowest BCUT2D eigenvalue weighted by Gasteiger charge is -2.43. The summed E-state index contributed by atoms with van der Waals surface area (Å²) in [6, 6.07) is 8.49. The van der Waals surface area contributed by atoms with Crippen LogP contribution in [0.3, 0.4) is 0 Å². The SMILES string of the molecule is CC(C)(C)N1CCN(c2ccccc2CN)CC1.